The van der Waals surface area contributed by atoms with Gasteiger partial charge in [-0.3, -0.25) is 9.68 Å². The van der Waals surface area contributed by atoms with Crippen molar-refractivity contribution in [1.82, 2.24) is 4.90 Å². The minimum atomic E-state index is -1.32. The summed E-state index contributed by atoms with van der Waals surface area (Å²) in [7, 11) is 0. The zero-order chi connectivity index (χ0) is 22.8. The first-order chi connectivity index (χ1) is 15.3. The molecule has 0 bridgehead atoms. The van der Waals surface area contributed by atoms with E-state index in [-0.39, 0.29) is 18.7 Å². The Bertz CT molecular complexity index is 1120. The van der Waals surface area contributed by atoms with Crippen molar-refractivity contribution in [1.29, 1.82) is 0 Å². The molecule has 0 unspecified atom stereocenters. The third kappa shape index (κ3) is 4.18. The lowest BCUT2D eigenvalue weighted by Crippen LogP contribution is -2.57. The highest BCUT2D eigenvalue weighted by molar-refractivity contribution is 5.98. The summed E-state index contributed by atoms with van der Waals surface area (Å²) < 4.78 is 0. The summed E-state index contributed by atoms with van der Waals surface area (Å²) in [5.74, 6) is -0.330. The van der Waals surface area contributed by atoms with E-state index >= 15 is 0 Å². The maximum Gasteiger partial charge on any atom is 0.363 e. The fourth-order valence-corrected chi connectivity index (χ4v) is 4.07. The first-order valence-corrected chi connectivity index (χ1v) is 10.7. The number of hydrogen-bond acceptors (Lipinski definition) is 5. The highest BCUT2D eigenvalue weighted by Crippen LogP contribution is 2.40. The lowest BCUT2D eigenvalue weighted by atomic mass is 9.69. The van der Waals surface area contributed by atoms with Crippen LogP contribution >= 0.6 is 0 Å². The van der Waals surface area contributed by atoms with Crippen LogP contribution in [0.25, 0.3) is 10.8 Å². The molecule has 166 valence electrons. The minimum absolute atomic E-state index is 0.0782. The predicted octanol–water partition coefficient (Wildman–Crippen LogP) is 4.37. The van der Waals surface area contributed by atoms with Crippen molar-refractivity contribution in [3.63, 3.8) is 0 Å². The summed E-state index contributed by atoms with van der Waals surface area (Å²) >= 11 is 0. The van der Waals surface area contributed by atoms with Crippen LogP contribution in [0.5, 0.6) is 5.75 Å². The zero-order valence-corrected chi connectivity index (χ0v) is 18.3. The van der Waals surface area contributed by atoms with Crippen molar-refractivity contribution in [3.05, 3.63) is 78.4 Å². The van der Waals surface area contributed by atoms with E-state index in [4.69, 9.17) is 9.78 Å². The van der Waals surface area contributed by atoms with Gasteiger partial charge in [0.15, 0.2) is 5.75 Å². The van der Waals surface area contributed by atoms with Gasteiger partial charge in [0, 0.05) is 18.7 Å². The summed E-state index contributed by atoms with van der Waals surface area (Å²) in [4.78, 5) is 37.6. The van der Waals surface area contributed by atoms with Crippen molar-refractivity contribution in [2.24, 2.45) is 5.41 Å². The number of fused-ring (bicyclic) bond motifs is 1. The van der Waals surface area contributed by atoms with Crippen LogP contribution in [0.3, 0.4) is 0 Å². The summed E-state index contributed by atoms with van der Waals surface area (Å²) in [6, 6.07) is 22.3. The summed E-state index contributed by atoms with van der Waals surface area (Å²) in [5, 5.41) is 13.4. The number of aliphatic hydroxyl groups is 1. The Morgan fingerprint density at radius 2 is 1.53 bits per heavy atom. The van der Waals surface area contributed by atoms with Crippen LogP contribution < -0.4 is 4.89 Å². The summed E-state index contributed by atoms with van der Waals surface area (Å²) in [6.07, 6.45) is 0.527. The van der Waals surface area contributed by atoms with Crippen LogP contribution in [-0.2, 0) is 9.68 Å². The van der Waals surface area contributed by atoms with Gasteiger partial charge in [-0.1, -0.05) is 48.5 Å². The molecule has 0 spiro atoms. The van der Waals surface area contributed by atoms with Crippen LogP contribution in [0.1, 0.15) is 37.0 Å². The lowest BCUT2D eigenvalue weighted by Gasteiger charge is -2.45. The minimum Gasteiger partial charge on any atom is -0.389 e. The number of amides is 1. The van der Waals surface area contributed by atoms with E-state index in [2.05, 4.69) is 0 Å². The number of hydrogen-bond donors (Lipinski definition) is 1. The van der Waals surface area contributed by atoms with Gasteiger partial charge in [-0.2, -0.15) is 0 Å². The Hall–Kier alpha value is -3.38. The summed E-state index contributed by atoms with van der Waals surface area (Å²) in [5.41, 5.74) is -1.91. The number of carbonyl (C=O) groups is 2. The van der Waals surface area contributed by atoms with Crippen LogP contribution in [0.15, 0.2) is 72.8 Å². The molecule has 6 heteroatoms. The SMILES string of the molecule is CC(C)(C(=O)OOc1ccccc1)C1(O)CCN(C(=O)c2ccc3ccccc3c2)CC1. The Morgan fingerprint density at radius 3 is 2.22 bits per heavy atom. The van der Waals surface area contributed by atoms with Crippen molar-refractivity contribution in [3.8, 4) is 5.75 Å². The molecule has 1 saturated heterocycles. The average molecular weight is 434 g/mol. The number of likely N-dealkylation sites (tertiary alicyclic amines) is 1. The number of nitrogens with zero attached hydrogens (tertiary/aromatic N) is 1. The van der Waals surface area contributed by atoms with Gasteiger partial charge in [0.2, 0.25) is 0 Å². The molecule has 1 amide bonds. The average Bonchev–Trinajstić information content (AvgIpc) is 2.82. The van der Waals surface area contributed by atoms with E-state index in [9.17, 15) is 14.7 Å². The second kappa shape index (κ2) is 8.63. The van der Waals surface area contributed by atoms with Gasteiger partial charge in [0.05, 0.1) is 11.0 Å². The third-order valence-electron chi connectivity index (χ3n) is 6.50. The van der Waals surface area contributed by atoms with Crippen LogP contribution in [0.4, 0.5) is 0 Å². The van der Waals surface area contributed by atoms with Crippen LogP contribution in [0.2, 0.25) is 0 Å². The van der Waals surface area contributed by atoms with Gasteiger partial charge in [-0.25, -0.2) is 9.68 Å². The number of piperidine rings is 1. The third-order valence-corrected chi connectivity index (χ3v) is 6.50. The maximum atomic E-state index is 13.0. The quantitative estimate of drug-likeness (QED) is 0.478. The molecule has 1 aliphatic rings. The van der Waals surface area contributed by atoms with Crippen molar-refractivity contribution in [2.75, 3.05) is 13.1 Å². The molecule has 6 nitrogen and oxygen atoms in total. The van der Waals surface area contributed by atoms with E-state index in [0.29, 0.717) is 24.4 Å². The van der Waals surface area contributed by atoms with Gasteiger partial charge < -0.3 is 10.0 Å². The number of carbonyl (C=O) groups excluding carboxylic acids is 2. The molecule has 1 fully saturated rings. The molecule has 1 aliphatic heterocycles. The molecule has 4 rings (SSSR count). The number of rotatable bonds is 5. The fourth-order valence-electron chi connectivity index (χ4n) is 4.07. The highest BCUT2D eigenvalue weighted by Gasteiger charge is 2.52. The molecule has 3 aromatic rings. The molecule has 0 aromatic heterocycles. The van der Waals surface area contributed by atoms with E-state index in [1.807, 2.05) is 48.5 Å². The summed E-state index contributed by atoms with van der Waals surface area (Å²) in [6.45, 7) is 3.98. The highest BCUT2D eigenvalue weighted by atomic mass is 17.2. The second-order valence-electron chi connectivity index (χ2n) is 8.78. The van der Waals surface area contributed by atoms with Gasteiger partial charge in [0.25, 0.3) is 5.91 Å². The van der Waals surface area contributed by atoms with Gasteiger partial charge in [-0.05, 0) is 61.7 Å². The molecule has 1 heterocycles. The predicted molar refractivity (Wildman–Crippen MR) is 121 cm³/mol. The zero-order valence-electron chi connectivity index (χ0n) is 18.3. The first-order valence-electron chi connectivity index (χ1n) is 10.7. The maximum absolute atomic E-state index is 13.0. The van der Waals surface area contributed by atoms with Crippen molar-refractivity contribution < 1.29 is 24.5 Å². The normalized spacial score (nSPS) is 15.9. The molecule has 0 aliphatic carbocycles. The van der Waals surface area contributed by atoms with Crippen LogP contribution in [-0.4, -0.2) is 40.6 Å². The Morgan fingerprint density at radius 1 is 0.906 bits per heavy atom. The largest absolute Gasteiger partial charge is 0.389 e. The monoisotopic (exact) mass is 433 g/mol. The molecule has 32 heavy (non-hydrogen) atoms. The number of para-hydroxylation sites is 1. The van der Waals surface area contributed by atoms with E-state index < -0.39 is 17.0 Å². The smallest absolute Gasteiger partial charge is 0.363 e. The van der Waals surface area contributed by atoms with E-state index in [1.165, 1.54) is 0 Å². The Labute approximate surface area is 187 Å². The molecule has 1 N–H and O–H groups in total. The fraction of sp³-hybridized carbons (Fsp3) is 0.308. The Balaban J connectivity index is 1.40. The number of benzene rings is 3. The van der Waals surface area contributed by atoms with E-state index in [0.717, 1.165) is 10.8 Å². The standard InChI is InChI=1S/C26H27NO5/c1-25(2,24(29)32-31-22-10-4-3-5-11-22)26(30)14-16-27(17-15-26)23(28)21-13-12-19-8-6-7-9-20(19)18-21/h3-13,18,30H,14-17H2,1-2H3. The van der Waals surface area contributed by atoms with Gasteiger partial charge in [0.1, 0.15) is 0 Å². The molecule has 0 radical (unpaired) electrons. The van der Waals surface area contributed by atoms with Crippen molar-refractivity contribution in [2.45, 2.75) is 32.3 Å². The second-order valence-corrected chi connectivity index (χ2v) is 8.78. The van der Waals surface area contributed by atoms with Gasteiger partial charge in [-0.15, -0.1) is 0 Å². The first kappa shape index (κ1) is 21.8. The molecular weight excluding hydrogens is 406 g/mol. The topological polar surface area (TPSA) is 76.1 Å². The molecule has 3 aromatic carbocycles. The Kier molecular flexibility index (Phi) is 5.89. The van der Waals surface area contributed by atoms with Crippen LogP contribution in [0, 0.1) is 5.41 Å². The van der Waals surface area contributed by atoms with Crippen molar-refractivity contribution >= 4 is 22.6 Å². The lowest BCUT2D eigenvalue weighted by molar-refractivity contribution is -0.238. The van der Waals surface area contributed by atoms with E-state index in [1.54, 1.807) is 43.0 Å². The molecule has 0 atom stereocenters. The molecular formula is C26H27NO5. The van der Waals surface area contributed by atoms with Gasteiger partial charge >= 0.3 is 5.97 Å². The molecule has 0 saturated carbocycles.